The molecule has 0 bridgehead atoms. The molecule has 74 valence electrons. The lowest BCUT2D eigenvalue weighted by atomic mass is 10.2. The van der Waals surface area contributed by atoms with Gasteiger partial charge in [-0.25, -0.2) is 0 Å². The topological polar surface area (TPSA) is 12.5 Å². The van der Waals surface area contributed by atoms with Gasteiger partial charge >= 0.3 is 0 Å². The fourth-order valence-electron chi connectivity index (χ4n) is 1.08. The highest BCUT2D eigenvalue weighted by atomic mass is 16.5. The van der Waals surface area contributed by atoms with Crippen LogP contribution in [0.25, 0.3) is 0 Å². The van der Waals surface area contributed by atoms with E-state index in [1.165, 1.54) is 6.42 Å². The number of rotatable bonds is 0. The van der Waals surface area contributed by atoms with Gasteiger partial charge in [0.25, 0.3) is 0 Å². The maximum atomic E-state index is 5.32. The van der Waals surface area contributed by atoms with E-state index in [1.807, 2.05) is 0 Å². The summed E-state index contributed by atoms with van der Waals surface area (Å²) in [7, 11) is 2.15. The van der Waals surface area contributed by atoms with E-state index < -0.39 is 0 Å². The Morgan fingerprint density at radius 3 is 1.75 bits per heavy atom. The zero-order valence-corrected chi connectivity index (χ0v) is 9.13. The van der Waals surface area contributed by atoms with Crippen molar-refractivity contribution in [1.29, 1.82) is 0 Å². The lowest BCUT2D eigenvalue weighted by Crippen LogP contribution is -2.46. The van der Waals surface area contributed by atoms with Crippen molar-refractivity contribution in [3.63, 3.8) is 0 Å². The van der Waals surface area contributed by atoms with Crippen LogP contribution in [0.3, 0.4) is 0 Å². The van der Waals surface area contributed by atoms with Crippen LogP contribution in [0.15, 0.2) is 0 Å². The van der Waals surface area contributed by atoms with Crippen molar-refractivity contribution in [3.05, 3.63) is 0 Å². The third kappa shape index (κ3) is 4.07. The van der Waals surface area contributed by atoms with E-state index >= 15 is 0 Å². The van der Waals surface area contributed by atoms with Crippen molar-refractivity contribution in [2.75, 3.05) is 20.3 Å². The van der Waals surface area contributed by atoms with E-state index in [0.717, 1.165) is 13.2 Å². The molecule has 0 aromatic carbocycles. The van der Waals surface area contributed by atoms with E-state index in [-0.39, 0.29) is 0 Å². The largest absolute Gasteiger partial charge is 0.378 e. The molecule has 12 heavy (non-hydrogen) atoms. The van der Waals surface area contributed by atoms with Crippen LogP contribution in [0.4, 0.5) is 0 Å². The molecule has 0 amide bonds. The molecule has 2 heteroatoms. The molecule has 1 fully saturated rings. The van der Waals surface area contributed by atoms with E-state index in [2.05, 4.69) is 39.6 Å². The van der Waals surface area contributed by atoms with Gasteiger partial charge < -0.3 is 4.74 Å². The first kappa shape index (κ1) is 11.9. The Balaban J connectivity index is 0.000000354. The normalized spacial score (nSPS) is 30.8. The maximum absolute atomic E-state index is 5.32. The molecule has 0 aromatic rings. The first-order valence-electron chi connectivity index (χ1n) is 4.93. The van der Waals surface area contributed by atoms with Crippen LogP contribution in [-0.2, 0) is 4.74 Å². The van der Waals surface area contributed by atoms with Gasteiger partial charge in [-0.3, -0.25) is 4.90 Å². The SMILES string of the molecule is CCC.C[C@H]1COC[C@H](C)N1C. The summed E-state index contributed by atoms with van der Waals surface area (Å²) in [5, 5.41) is 0. The van der Waals surface area contributed by atoms with Gasteiger partial charge in [-0.15, -0.1) is 0 Å². The number of hydrogen-bond donors (Lipinski definition) is 0. The highest BCUT2D eigenvalue weighted by Crippen LogP contribution is 2.08. The van der Waals surface area contributed by atoms with Gasteiger partial charge in [-0.2, -0.15) is 0 Å². The molecule has 0 unspecified atom stereocenters. The van der Waals surface area contributed by atoms with Crippen molar-refractivity contribution < 1.29 is 4.74 Å². The van der Waals surface area contributed by atoms with Gasteiger partial charge in [0.15, 0.2) is 0 Å². The maximum Gasteiger partial charge on any atom is 0.0619 e. The summed E-state index contributed by atoms with van der Waals surface area (Å²) in [6.45, 7) is 10.4. The van der Waals surface area contributed by atoms with Crippen LogP contribution < -0.4 is 0 Å². The minimum absolute atomic E-state index is 0.591. The van der Waals surface area contributed by atoms with Crippen LogP contribution in [-0.4, -0.2) is 37.2 Å². The summed E-state index contributed by atoms with van der Waals surface area (Å²) in [5.74, 6) is 0. The Bertz CT molecular complexity index is 96.0. The van der Waals surface area contributed by atoms with Crippen LogP contribution in [0.1, 0.15) is 34.1 Å². The molecule has 2 atom stereocenters. The summed E-state index contributed by atoms with van der Waals surface area (Å²) in [5.41, 5.74) is 0. The van der Waals surface area contributed by atoms with E-state index in [0.29, 0.717) is 12.1 Å². The second kappa shape index (κ2) is 6.44. The zero-order valence-electron chi connectivity index (χ0n) is 9.13. The average Bonchev–Trinajstić information content (AvgIpc) is 2.02. The minimum atomic E-state index is 0.591. The summed E-state index contributed by atoms with van der Waals surface area (Å²) < 4.78 is 5.32. The van der Waals surface area contributed by atoms with Crippen LogP contribution in [0.2, 0.25) is 0 Å². The molecule has 1 rings (SSSR count). The smallest absolute Gasteiger partial charge is 0.0619 e. The van der Waals surface area contributed by atoms with Crippen LogP contribution in [0.5, 0.6) is 0 Å². The van der Waals surface area contributed by atoms with Crippen LogP contribution >= 0.6 is 0 Å². The molecule has 0 spiro atoms. The van der Waals surface area contributed by atoms with Crippen molar-refractivity contribution in [2.45, 2.75) is 46.2 Å². The molecule has 0 saturated carbocycles. The highest BCUT2D eigenvalue weighted by Gasteiger charge is 2.20. The Morgan fingerprint density at radius 2 is 1.50 bits per heavy atom. The molecular formula is C10H23NO. The van der Waals surface area contributed by atoms with Gasteiger partial charge in [-0.1, -0.05) is 20.3 Å². The predicted octanol–water partition coefficient (Wildman–Crippen LogP) is 2.14. The fourth-order valence-corrected chi connectivity index (χ4v) is 1.08. The molecule has 1 aliphatic heterocycles. The number of morpholine rings is 1. The molecule has 0 aromatic heterocycles. The van der Waals surface area contributed by atoms with Gasteiger partial charge in [0.05, 0.1) is 13.2 Å². The summed E-state index contributed by atoms with van der Waals surface area (Å²) in [4.78, 5) is 2.35. The van der Waals surface area contributed by atoms with Crippen molar-refractivity contribution >= 4 is 0 Å². The first-order chi connectivity index (χ1) is 5.63. The third-order valence-corrected chi connectivity index (χ3v) is 2.11. The molecule has 1 saturated heterocycles. The van der Waals surface area contributed by atoms with Crippen LogP contribution in [0, 0.1) is 0 Å². The second-order valence-electron chi connectivity index (χ2n) is 3.61. The number of nitrogens with zero attached hydrogens (tertiary/aromatic N) is 1. The number of hydrogen-bond acceptors (Lipinski definition) is 2. The second-order valence-corrected chi connectivity index (χ2v) is 3.61. The molecular weight excluding hydrogens is 150 g/mol. The van der Waals surface area contributed by atoms with Crippen molar-refractivity contribution in [1.82, 2.24) is 4.90 Å². The molecule has 0 N–H and O–H groups in total. The molecule has 1 aliphatic rings. The number of likely N-dealkylation sites (N-methyl/N-ethyl adjacent to an activating group) is 1. The monoisotopic (exact) mass is 173 g/mol. The molecule has 0 radical (unpaired) electrons. The van der Waals surface area contributed by atoms with E-state index in [1.54, 1.807) is 0 Å². The van der Waals surface area contributed by atoms with E-state index in [9.17, 15) is 0 Å². The summed E-state index contributed by atoms with van der Waals surface area (Å²) >= 11 is 0. The standard InChI is InChI=1S/C7H15NO.C3H8/c1-6-4-9-5-7(2)8(6)3;1-3-2/h6-7H,4-5H2,1-3H3;3H2,1-2H3/t6-,7-;/m0./s1. The quantitative estimate of drug-likeness (QED) is 0.556. The van der Waals surface area contributed by atoms with Gasteiger partial charge in [0, 0.05) is 12.1 Å². The third-order valence-electron chi connectivity index (χ3n) is 2.11. The fraction of sp³-hybridized carbons (Fsp3) is 1.00. The van der Waals surface area contributed by atoms with Crippen molar-refractivity contribution in [2.24, 2.45) is 0 Å². The Kier molecular flexibility index (Phi) is 6.39. The molecule has 0 aliphatic carbocycles. The first-order valence-corrected chi connectivity index (χ1v) is 4.93. The highest BCUT2D eigenvalue weighted by molar-refractivity contribution is 4.73. The lowest BCUT2D eigenvalue weighted by molar-refractivity contribution is -0.0227. The van der Waals surface area contributed by atoms with Gasteiger partial charge in [-0.05, 0) is 20.9 Å². The van der Waals surface area contributed by atoms with Gasteiger partial charge in [0.1, 0.15) is 0 Å². The Hall–Kier alpha value is -0.0800. The molecule has 1 heterocycles. The van der Waals surface area contributed by atoms with E-state index in [4.69, 9.17) is 4.74 Å². The predicted molar refractivity (Wildman–Crippen MR) is 53.5 cm³/mol. The molecule has 2 nitrogen and oxygen atoms in total. The zero-order chi connectivity index (χ0) is 9.56. The van der Waals surface area contributed by atoms with Gasteiger partial charge in [0.2, 0.25) is 0 Å². The summed E-state index contributed by atoms with van der Waals surface area (Å²) in [6, 6.07) is 1.18. The Labute approximate surface area is 76.9 Å². The number of ether oxygens (including phenoxy) is 1. The summed E-state index contributed by atoms with van der Waals surface area (Å²) in [6.07, 6.45) is 1.25. The average molecular weight is 173 g/mol. The van der Waals surface area contributed by atoms with Crippen molar-refractivity contribution in [3.8, 4) is 0 Å². The Morgan fingerprint density at radius 1 is 1.17 bits per heavy atom. The lowest BCUT2D eigenvalue weighted by Gasteiger charge is -2.35. The minimum Gasteiger partial charge on any atom is -0.378 e.